The van der Waals surface area contributed by atoms with Crippen LogP contribution in [0.4, 0.5) is 17.1 Å². The molecule has 0 atom stereocenters. The van der Waals surface area contributed by atoms with E-state index in [0.29, 0.717) is 0 Å². The quantitative estimate of drug-likeness (QED) is 0.131. The predicted octanol–water partition coefficient (Wildman–Crippen LogP) is 14.9. The Bertz CT molecular complexity index is 3200. The topological polar surface area (TPSA) is 16.1 Å². The zero-order valence-corrected chi connectivity index (χ0v) is 30.1. The third-order valence-corrected chi connectivity index (χ3v) is 11.9. The number of hydrogen-bond donors (Lipinski definition) is 0. The molecule has 1 heterocycles. The van der Waals surface area contributed by atoms with Gasteiger partial charge >= 0.3 is 0 Å². The molecule has 0 spiro atoms. The van der Waals surface area contributed by atoms with Gasteiger partial charge in [0.25, 0.3) is 0 Å². The van der Waals surface area contributed by atoms with E-state index in [4.69, 9.17) is 4.98 Å². The van der Waals surface area contributed by atoms with Gasteiger partial charge in [-0.15, -0.1) is 11.3 Å². The first-order valence-electron chi connectivity index (χ1n) is 18.3. The Hall–Kier alpha value is -6.81. The minimum absolute atomic E-state index is 1.05. The average Bonchev–Trinajstić information content (AvgIpc) is 3.67. The first-order valence-corrected chi connectivity index (χ1v) is 19.2. The highest BCUT2D eigenvalue weighted by atomic mass is 32.1. The van der Waals surface area contributed by atoms with E-state index in [1.54, 1.807) is 11.3 Å². The van der Waals surface area contributed by atoms with Crippen LogP contribution in [0.2, 0.25) is 0 Å². The third-order valence-electron chi connectivity index (χ3n) is 10.8. The minimum Gasteiger partial charge on any atom is -0.310 e. The lowest BCUT2D eigenvalue weighted by Gasteiger charge is -2.27. The molecule has 0 aliphatic carbocycles. The Morgan fingerprint density at radius 3 is 1.56 bits per heavy atom. The van der Waals surface area contributed by atoms with Crippen molar-refractivity contribution in [2.24, 2.45) is 0 Å². The number of fused-ring (bicyclic) bond motifs is 7. The maximum Gasteiger partial charge on any atom is 0.124 e. The largest absolute Gasteiger partial charge is 0.310 e. The van der Waals surface area contributed by atoms with Crippen LogP contribution in [0.1, 0.15) is 0 Å². The van der Waals surface area contributed by atoms with Crippen molar-refractivity contribution in [3.63, 3.8) is 0 Å². The molecule has 0 aliphatic rings. The highest BCUT2D eigenvalue weighted by Gasteiger charge is 2.16. The van der Waals surface area contributed by atoms with E-state index >= 15 is 0 Å². The Morgan fingerprint density at radius 1 is 0.333 bits per heavy atom. The molecule has 3 heteroatoms. The number of para-hydroxylation sites is 1. The molecule has 0 bridgehead atoms. The molecule has 0 N–H and O–H groups in total. The van der Waals surface area contributed by atoms with E-state index in [2.05, 4.69) is 193 Å². The van der Waals surface area contributed by atoms with Crippen molar-refractivity contribution in [1.29, 1.82) is 0 Å². The first kappa shape index (κ1) is 30.8. The molecule has 0 amide bonds. The van der Waals surface area contributed by atoms with Crippen LogP contribution in [0.3, 0.4) is 0 Å². The molecule has 0 unspecified atom stereocenters. The van der Waals surface area contributed by atoms with Crippen LogP contribution in [-0.2, 0) is 0 Å². The molecule has 0 aliphatic heterocycles. The number of benzene rings is 10. The number of aromatic nitrogens is 1. The van der Waals surface area contributed by atoms with Gasteiger partial charge < -0.3 is 4.90 Å². The molecular formula is C51H32N2S. The van der Waals surface area contributed by atoms with Crippen LogP contribution in [0.25, 0.3) is 85.8 Å². The van der Waals surface area contributed by atoms with E-state index in [9.17, 15) is 0 Å². The van der Waals surface area contributed by atoms with E-state index in [-0.39, 0.29) is 0 Å². The molecule has 11 aromatic rings. The van der Waals surface area contributed by atoms with Gasteiger partial charge in [-0.1, -0.05) is 127 Å². The molecule has 1 aromatic heterocycles. The lowest BCUT2D eigenvalue weighted by Crippen LogP contribution is -2.10. The fourth-order valence-corrected chi connectivity index (χ4v) is 8.96. The zero-order valence-electron chi connectivity index (χ0n) is 29.3. The van der Waals surface area contributed by atoms with Crippen molar-refractivity contribution in [3.05, 3.63) is 194 Å². The molecule has 252 valence electrons. The summed E-state index contributed by atoms with van der Waals surface area (Å²) in [6.45, 7) is 0. The smallest absolute Gasteiger partial charge is 0.124 e. The molecule has 11 rings (SSSR count). The SMILES string of the molecule is c1ccc2cc(N(c3ccc4cc5ccccc5cc4c3)c3ccc4ccc5ccc(-c6ccc(-c7nc8ccccc8s7)cc6)cc5c4c3)ccc2c1. The second kappa shape index (κ2) is 12.4. The van der Waals surface area contributed by atoms with Crippen molar-refractivity contribution in [3.8, 4) is 21.7 Å². The Morgan fingerprint density at radius 2 is 0.815 bits per heavy atom. The van der Waals surface area contributed by atoms with Crippen LogP contribution in [-0.4, -0.2) is 4.98 Å². The van der Waals surface area contributed by atoms with Crippen molar-refractivity contribution in [2.45, 2.75) is 0 Å². The van der Waals surface area contributed by atoms with E-state index < -0.39 is 0 Å². The summed E-state index contributed by atoms with van der Waals surface area (Å²) in [6.07, 6.45) is 0. The summed E-state index contributed by atoms with van der Waals surface area (Å²) in [7, 11) is 0. The molecule has 0 fully saturated rings. The van der Waals surface area contributed by atoms with Gasteiger partial charge in [-0.25, -0.2) is 4.98 Å². The van der Waals surface area contributed by atoms with Crippen molar-refractivity contribution >= 4 is 92.5 Å². The van der Waals surface area contributed by atoms with Crippen LogP contribution < -0.4 is 4.90 Å². The summed E-state index contributed by atoms with van der Waals surface area (Å²) in [4.78, 5) is 7.29. The van der Waals surface area contributed by atoms with Gasteiger partial charge in [0.05, 0.1) is 10.2 Å². The van der Waals surface area contributed by atoms with E-state index in [0.717, 1.165) is 33.1 Å². The van der Waals surface area contributed by atoms with Crippen molar-refractivity contribution < 1.29 is 0 Å². The second-order valence-electron chi connectivity index (χ2n) is 14.1. The highest BCUT2D eigenvalue weighted by Crippen LogP contribution is 2.41. The molecule has 0 saturated heterocycles. The molecule has 2 nitrogen and oxygen atoms in total. The first-order chi connectivity index (χ1) is 26.7. The van der Waals surface area contributed by atoms with Crippen LogP contribution in [0, 0.1) is 0 Å². The Kier molecular flexibility index (Phi) is 7.07. The summed E-state index contributed by atoms with van der Waals surface area (Å²) in [5.41, 5.74) is 7.96. The summed E-state index contributed by atoms with van der Waals surface area (Å²) >= 11 is 1.74. The number of hydrogen-bond acceptors (Lipinski definition) is 3. The van der Waals surface area contributed by atoms with Crippen LogP contribution >= 0.6 is 11.3 Å². The number of nitrogens with zero attached hydrogens (tertiary/aromatic N) is 2. The molecule has 10 aromatic carbocycles. The minimum atomic E-state index is 1.05. The third kappa shape index (κ3) is 5.29. The van der Waals surface area contributed by atoms with Gasteiger partial charge in [0.1, 0.15) is 5.01 Å². The second-order valence-corrected chi connectivity index (χ2v) is 15.1. The normalized spacial score (nSPS) is 11.7. The number of thiazole rings is 1. The molecule has 0 radical (unpaired) electrons. The van der Waals surface area contributed by atoms with Crippen LogP contribution in [0.15, 0.2) is 194 Å². The summed E-state index contributed by atoms with van der Waals surface area (Å²) in [5.74, 6) is 0. The van der Waals surface area contributed by atoms with Gasteiger partial charge in [0.15, 0.2) is 0 Å². The lowest BCUT2D eigenvalue weighted by atomic mass is 9.96. The summed E-state index contributed by atoms with van der Waals surface area (Å²) in [5, 5.41) is 13.4. The van der Waals surface area contributed by atoms with Crippen molar-refractivity contribution in [2.75, 3.05) is 4.90 Å². The lowest BCUT2D eigenvalue weighted by molar-refractivity contribution is 1.30. The van der Waals surface area contributed by atoms with Crippen LogP contribution in [0.5, 0.6) is 0 Å². The van der Waals surface area contributed by atoms with E-state index in [1.165, 1.54) is 69.7 Å². The average molecular weight is 705 g/mol. The number of anilines is 3. The van der Waals surface area contributed by atoms with Gasteiger partial charge in [-0.3, -0.25) is 0 Å². The fraction of sp³-hybridized carbons (Fsp3) is 0. The van der Waals surface area contributed by atoms with E-state index in [1.807, 2.05) is 6.07 Å². The molecule has 54 heavy (non-hydrogen) atoms. The Balaban J connectivity index is 1.05. The van der Waals surface area contributed by atoms with Crippen molar-refractivity contribution in [1.82, 2.24) is 4.98 Å². The maximum absolute atomic E-state index is 4.88. The number of rotatable bonds is 5. The predicted molar refractivity (Wildman–Crippen MR) is 233 cm³/mol. The fourth-order valence-electron chi connectivity index (χ4n) is 7.99. The van der Waals surface area contributed by atoms with Gasteiger partial charge in [-0.05, 0) is 132 Å². The highest BCUT2D eigenvalue weighted by molar-refractivity contribution is 7.21. The Labute approximate surface area is 316 Å². The summed E-state index contributed by atoms with van der Waals surface area (Å²) in [6, 6.07) is 70.9. The van der Waals surface area contributed by atoms with Gasteiger partial charge in [0.2, 0.25) is 0 Å². The van der Waals surface area contributed by atoms with Gasteiger partial charge in [0, 0.05) is 22.6 Å². The summed E-state index contributed by atoms with van der Waals surface area (Å²) < 4.78 is 1.21. The molecule has 0 saturated carbocycles. The zero-order chi connectivity index (χ0) is 35.6. The maximum atomic E-state index is 4.88. The van der Waals surface area contributed by atoms with Gasteiger partial charge in [-0.2, -0.15) is 0 Å². The standard InChI is InChI=1S/C51H32N2S/c1-2-10-40-29-44(24-21-33(40)7-1)53(45-26-23-41-27-38-8-3-4-9-39(38)28-43(41)30-45)46-25-22-36-16-15-35-17-20-42(31-47(35)48(36)32-46)34-13-18-37(19-14-34)51-52-49-11-5-6-12-50(49)54-51/h1-32H. The molecular weight excluding hydrogens is 673 g/mol. The monoisotopic (exact) mass is 704 g/mol.